The number of nitrogens with two attached hydrogens (primary N) is 1. The van der Waals surface area contributed by atoms with Crippen LogP contribution in [0.5, 0.6) is 0 Å². The van der Waals surface area contributed by atoms with Crippen molar-refractivity contribution in [3.63, 3.8) is 0 Å². The van der Waals surface area contributed by atoms with E-state index in [0.717, 1.165) is 13.0 Å². The molecule has 16 heavy (non-hydrogen) atoms. The summed E-state index contributed by atoms with van der Waals surface area (Å²) >= 11 is 0. The Hall–Kier alpha value is -0.280. The zero-order chi connectivity index (χ0) is 11.3. The van der Waals surface area contributed by atoms with Gasteiger partial charge in [0.15, 0.2) is 0 Å². The van der Waals surface area contributed by atoms with E-state index in [-0.39, 0.29) is 24.4 Å². The van der Waals surface area contributed by atoms with Gasteiger partial charge in [-0.3, -0.25) is 4.79 Å². The second kappa shape index (κ2) is 7.13. The molecular formula is C12H25ClN2O. The highest BCUT2D eigenvalue weighted by molar-refractivity contribution is 5.85. The fourth-order valence-corrected chi connectivity index (χ4v) is 1.96. The molecule has 0 saturated heterocycles. The molecule has 0 radical (unpaired) electrons. The van der Waals surface area contributed by atoms with E-state index in [0.29, 0.717) is 11.8 Å². The molecule has 3 nitrogen and oxygen atoms in total. The molecule has 4 heteroatoms. The molecule has 0 heterocycles. The van der Waals surface area contributed by atoms with Crippen LogP contribution in [-0.4, -0.2) is 18.5 Å². The van der Waals surface area contributed by atoms with Crippen molar-refractivity contribution < 1.29 is 4.79 Å². The van der Waals surface area contributed by atoms with Gasteiger partial charge in [-0.2, -0.15) is 0 Å². The van der Waals surface area contributed by atoms with Crippen molar-refractivity contribution in [1.29, 1.82) is 0 Å². The summed E-state index contributed by atoms with van der Waals surface area (Å²) in [6, 6.07) is 0.126. The van der Waals surface area contributed by atoms with Crippen molar-refractivity contribution in [2.24, 2.45) is 11.1 Å². The van der Waals surface area contributed by atoms with Gasteiger partial charge in [-0.05, 0) is 38.0 Å². The minimum atomic E-state index is 0. The molecule has 3 N–H and O–H groups in total. The van der Waals surface area contributed by atoms with Gasteiger partial charge in [0.25, 0.3) is 0 Å². The van der Waals surface area contributed by atoms with Crippen molar-refractivity contribution in [3.8, 4) is 0 Å². The quantitative estimate of drug-likeness (QED) is 0.726. The topological polar surface area (TPSA) is 55.1 Å². The molecule has 96 valence electrons. The van der Waals surface area contributed by atoms with E-state index in [1.807, 2.05) is 6.92 Å². The maximum absolute atomic E-state index is 11.5. The van der Waals surface area contributed by atoms with Gasteiger partial charge in [-0.25, -0.2) is 0 Å². The highest BCUT2D eigenvalue weighted by Gasteiger charge is 2.41. The smallest absolute Gasteiger partial charge is 0.220 e. The van der Waals surface area contributed by atoms with Gasteiger partial charge < -0.3 is 11.1 Å². The van der Waals surface area contributed by atoms with Gasteiger partial charge in [-0.15, -0.1) is 12.4 Å². The molecule has 0 spiro atoms. The lowest BCUT2D eigenvalue weighted by Crippen LogP contribution is -2.31. The minimum Gasteiger partial charge on any atom is -0.356 e. The predicted octanol–water partition coefficient (Wildman–Crippen LogP) is 2.23. The molecule has 1 fully saturated rings. The van der Waals surface area contributed by atoms with E-state index in [4.69, 9.17) is 5.73 Å². The summed E-state index contributed by atoms with van der Waals surface area (Å²) in [5.41, 5.74) is 6.06. The monoisotopic (exact) mass is 248 g/mol. The number of carbonyl (C=O) groups excluding carboxylic acids is 1. The van der Waals surface area contributed by atoms with Crippen LogP contribution >= 0.6 is 12.4 Å². The summed E-state index contributed by atoms with van der Waals surface area (Å²) in [7, 11) is 0. The van der Waals surface area contributed by atoms with Crippen LogP contribution in [0.15, 0.2) is 0 Å². The number of carbonyl (C=O) groups is 1. The maximum atomic E-state index is 11.5. The number of hydrogen-bond donors (Lipinski definition) is 2. The van der Waals surface area contributed by atoms with Crippen LogP contribution in [-0.2, 0) is 4.79 Å². The third-order valence-corrected chi connectivity index (χ3v) is 3.22. The van der Waals surface area contributed by atoms with Crippen molar-refractivity contribution in [2.45, 2.75) is 58.4 Å². The second-order valence-electron chi connectivity index (χ2n) is 5.04. The number of rotatable bonds is 7. The summed E-state index contributed by atoms with van der Waals surface area (Å²) < 4.78 is 0. The van der Waals surface area contributed by atoms with Crippen molar-refractivity contribution in [3.05, 3.63) is 0 Å². The van der Waals surface area contributed by atoms with Crippen molar-refractivity contribution in [1.82, 2.24) is 5.32 Å². The fourth-order valence-electron chi connectivity index (χ4n) is 1.96. The molecule has 0 aromatic carbocycles. The Bertz CT molecular complexity index is 215. The van der Waals surface area contributed by atoms with Gasteiger partial charge in [0.05, 0.1) is 0 Å². The van der Waals surface area contributed by atoms with E-state index >= 15 is 0 Å². The number of hydrogen-bond acceptors (Lipinski definition) is 2. The molecule has 1 aliphatic rings. The standard InChI is InChI=1S/C12H24N2O.ClH/c1-3-6-12(7-8-12)9-14-11(15)5-4-10(2)13;/h10H,3-9,13H2,1-2H3,(H,14,15);1H. The third-order valence-electron chi connectivity index (χ3n) is 3.22. The molecular weight excluding hydrogens is 224 g/mol. The van der Waals surface area contributed by atoms with Crippen LogP contribution in [0.2, 0.25) is 0 Å². The van der Waals surface area contributed by atoms with Crippen LogP contribution < -0.4 is 11.1 Å². The van der Waals surface area contributed by atoms with Crippen molar-refractivity contribution >= 4 is 18.3 Å². The van der Waals surface area contributed by atoms with Gasteiger partial charge in [0.1, 0.15) is 0 Å². The van der Waals surface area contributed by atoms with Gasteiger partial charge in [-0.1, -0.05) is 13.3 Å². The lowest BCUT2D eigenvalue weighted by molar-refractivity contribution is -0.121. The Balaban J connectivity index is 0.00000225. The summed E-state index contributed by atoms with van der Waals surface area (Å²) in [6.45, 7) is 5.02. The van der Waals surface area contributed by atoms with Crippen LogP contribution in [0, 0.1) is 5.41 Å². The number of amides is 1. The first kappa shape index (κ1) is 15.7. The lowest BCUT2D eigenvalue weighted by atomic mass is 10.0. The first-order valence-corrected chi connectivity index (χ1v) is 6.10. The lowest BCUT2D eigenvalue weighted by Gasteiger charge is -2.15. The van der Waals surface area contributed by atoms with Crippen LogP contribution in [0.3, 0.4) is 0 Å². The molecule has 1 atom stereocenters. The second-order valence-corrected chi connectivity index (χ2v) is 5.04. The highest BCUT2D eigenvalue weighted by atomic mass is 35.5. The largest absolute Gasteiger partial charge is 0.356 e. The Labute approximate surface area is 105 Å². The highest BCUT2D eigenvalue weighted by Crippen LogP contribution is 2.48. The maximum Gasteiger partial charge on any atom is 0.220 e. The van der Waals surface area contributed by atoms with E-state index < -0.39 is 0 Å². The number of nitrogens with one attached hydrogen (secondary N) is 1. The van der Waals surface area contributed by atoms with E-state index in [1.165, 1.54) is 25.7 Å². The molecule has 1 saturated carbocycles. The summed E-state index contributed by atoms with van der Waals surface area (Å²) in [5, 5.41) is 3.03. The van der Waals surface area contributed by atoms with E-state index in [9.17, 15) is 4.79 Å². The van der Waals surface area contributed by atoms with Gasteiger partial charge in [0.2, 0.25) is 5.91 Å². The minimum absolute atomic E-state index is 0. The molecule has 0 aromatic heterocycles. The zero-order valence-electron chi connectivity index (χ0n) is 10.4. The zero-order valence-corrected chi connectivity index (χ0v) is 11.2. The SMILES string of the molecule is CCCC1(CNC(=O)CCC(C)N)CC1.Cl. The molecule has 1 aliphatic carbocycles. The Morgan fingerprint density at radius 2 is 2.12 bits per heavy atom. The summed E-state index contributed by atoms with van der Waals surface area (Å²) in [4.78, 5) is 11.5. The first-order valence-electron chi connectivity index (χ1n) is 6.10. The Morgan fingerprint density at radius 1 is 1.50 bits per heavy atom. The number of halogens is 1. The van der Waals surface area contributed by atoms with Gasteiger partial charge in [0, 0.05) is 19.0 Å². The van der Waals surface area contributed by atoms with Crippen LogP contribution in [0.4, 0.5) is 0 Å². The van der Waals surface area contributed by atoms with Crippen molar-refractivity contribution in [2.75, 3.05) is 6.54 Å². The molecule has 1 rings (SSSR count). The molecule has 1 unspecified atom stereocenters. The van der Waals surface area contributed by atoms with Gasteiger partial charge >= 0.3 is 0 Å². The van der Waals surface area contributed by atoms with Crippen LogP contribution in [0.1, 0.15) is 52.4 Å². The van der Waals surface area contributed by atoms with E-state index in [1.54, 1.807) is 0 Å². The van der Waals surface area contributed by atoms with E-state index in [2.05, 4.69) is 12.2 Å². The third kappa shape index (κ3) is 5.71. The molecule has 0 bridgehead atoms. The predicted molar refractivity (Wildman–Crippen MR) is 69.7 cm³/mol. The Morgan fingerprint density at radius 3 is 2.56 bits per heavy atom. The molecule has 0 aromatic rings. The summed E-state index contributed by atoms with van der Waals surface area (Å²) in [6.07, 6.45) is 6.39. The Kier molecular flexibility index (Phi) is 7.00. The fraction of sp³-hybridized carbons (Fsp3) is 0.917. The molecule has 1 amide bonds. The van der Waals surface area contributed by atoms with Crippen LogP contribution in [0.25, 0.3) is 0 Å². The normalized spacial score (nSPS) is 18.4. The summed E-state index contributed by atoms with van der Waals surface area (Å²) in [5.74, 6) is 0.162. The molecule has 0 aliphatic heterocycles. The average Bonchev–Trinajstić information content (AvgIpc) is 2.93. The first-order chi connectivity index (χ1) is 7.08. The average molecular weight is 249 g/mol.